The van der Waals surface area contributed by atoms with Gasteiger partial charge in [0.15, 0.2) is 5.82 Å². The highest BCUT2D eigenvalue weighted by molar-refractivity contribution is 14.1. The smallest absolute Gasteiger partial charge is 0.268 e. The fourth-order valence-corrected chi connectivity index (χ4v) is 2.82. The first kappa shape index (κ1) is 14.1. The molecule has 106 valence electrons. The highest BCUT2D eigenvalue weighted by Gasteiger charge is 2.28. The van der Waals surface area contributed by atoms with E-state index in [1.54, 1.807) is 12.1 Å². The standard InChI is InChI=1S/C13H12ClFIN3O/c1-5-9(4-17-5)19-13(20)8-3-6-2-7(14)11(16)10(15)12(6)18-8/h2-3,5,9,17-18H,4H2,1H3,(H,19,20)/t5-,9-/m0/s1. The maximum absolute atomic E-state index is 14.1. The molecule has 7 heteroatoms. The van der Waals surface area contributed by atoms with Crippen LogP contribution in [0.5, 0.6) is 0 Å². The van der Waals surface area contributed by atoms with Crippen molar-refractivity contribution < 1.29 is 9.18 Å². The first-order chi connectivity index (χ1) is 9.47. The molecular formula is C13H12ClFIN3O. The van der Waals surface area contributed by atoms with E-state index in [1.165, 1.54) is 0 Å². The van der Waals surface area contributed by atoms with Crippen molar-refractivity contribution in [2.75, 3.05) is 6.54 Å². The highest BCUT2D eigenvalue weighted by Crippen LogP contribution is 2.29. The Labute approximate surface area is 133 Å². The van der Waals surface area contributed by atoms with Crippen LogP contribution in [-0.2, 0) is 0 Å². The Balaban J connectivity index is 1.92. The van der Waals surface area contributed by atoms with Crippen LogP contribution in [0.3, 0.4) is 0 Å². The van der Waals surface area contributed by atoms with Crippen LogP contribution in [0.25, 0.3) is 10.9 Å². The summed E-state index contributed by atoms with van der Waals surface area (Å²) in [6, 6.07) is 3.65. The van der Waals surface area contributed by atoms with Crippen molar-refractivity contribution in [3.63, 3.8) is 0 Å². The Bertz CT molecular complexity index is 702. The zero-order valence-electron chi connectivity index (χ0n) is 10.6. The Kier molecular flexibility index (Phi) is 3.64. The van der Waals surface area contributed by atoms with Gasteiger partial charge in [-0.3, -0.25) is 4.79 Å². The third-order valence-electron chi connectivity index (χ3n) is 3.58. The maximum Gasteiger partial charge on any atom is 0.268 e. The number of benzene rings is 1. The number of carbonyl (C=O) groups excluding carboxylic acids is 1. The topological polar surface area (TPSA) is 56.9 Å². The summed E-state index contributed by atoms with van der Waals surface area (Å²) in [6.45, 7) is 2.76. The van der Waals surface area contributed by atoms with Crippen molar-refractivity contribution >= 4 is 51.0 Å². The van der Waals surface area contributed by atoms with Crippen LogP contribution in [0.2, 0.25) is 5.02 Å². The molecule has 1 aliphatic rings. The molecule has 1 saturated heterocycles. The van der Waals surface area contributed by atoms with Gasteiger partial charge in [-0.25, -0.2) is 4.39 Å². The molecule has 0 spiro atoms. The van der Waals surface area contributed by atoms with E-state index in [-0.39, 0.29) is 18.0 Å². The predicted octanol–water partition coefficient (Wildman–Crippen LogP) is 2.66. The molecule has 1 aromatic carbocycles. The average molecular weight is 408 g/mol. The minimum atomic E-state index is -0.425. The van der Waals surface area contributed by atoms with E-state index >= 15 is 0 Å². The molecule has 1 amide bonds. The SMILES string of the molecule is C[C@@H]1NC[C@@H]1NC(=O)c1cc2cc(Cl)c(I)c(F)c2[nH]1. The Morgan fingerprint density at radius 3 is 2.90 bits per heavy atom. The lowest BCUT2D eigenvalue weighted by Crippen LogP contribution is -2.63. The van der Waals surface area contributed by atoms with Gasteiger partial charge in [-0.1, -0.05) is 11.6 Å². The molecule has 1 aromatic heterocycles. The molecule has 1 aliphatic heterocycles. The third-order valence-corrected chi connectivity index (χ3v) is 5.25. The van der Waals surface area contributed by atoms with Crippen LogP contribution >= 0.6 is 34.2 Å². The lowest BCUT2D eigenvalue weighted by atomic mass is 10.0. The summed E-state index contributed by atoms with van der Waals surface area (Å²) < 4.78 is 14.4. The van der Waals surface area contributed by atoms with Crippen molar-refractivity contribution in [3.8, 4) is 0 Å². The number of rotatable bonds is 2. The molecular weight excluding hydrogens is 396 g/mol. The number of aromatic nitrogens is 1. The van der Waals surface area contributed by atoms with Gasteiger partial charge in [0.1, 0.15) is 5.69 Å². The number of fused-ring (bicyclic) bond motifs is 1. The van der Waals surface area contributed by atoms with Crippen LogP contribution in [0.15, 0.2) is 12.1 Å². The van der Waals surface area contributed by atoms with Gasteiger partial charge in [0.05, 0.1) is 20.2 Å². The van der Waals surface area contributed by atoms with E-state index in [0.29, 0.717) is 25.2 Å². The predicted molar refractivity (Wildman–Crippen MR) is 84.7 cm³/mol. The molecule has 20 heavy (non-hydrogen) atoms. The first-order valence-corrected chi connectivity index (χ1v) is 7.63. The molecule has 0 radical (unpaired) electrons. The Hall–Kier alpha value is -0.860. The van der Waals surface area contributed by atoms with Crippen molar-refractivity contribution in [2.45, 2.75) is 19.0 Å². The second kappa shape index (κ2) is 5.16. The summed E-state index contributed by atoms with van der Waals surface area (Å²) in [6.07, 6.45) is 0. The number of H-pyrrole nitrogens is 1. The van der Waals surface area contributed by atoms with Crippen molar-refractivity contribution in [1.82, 2.24) is 15.6 Å². The van der Waals surface area contributed by atoms with Crippen molar-refractivity contribution in [2.24, 2.45) is 0 Å². The van der Waals surface area contributed by atoms with Crippen LogP contribution in [0.4, 0.5) is 4.39 Å². The van der Waals surface area contributed by atoms with Gasteiger partial charge in [0.25, 0.3) is 5.91 Å². The fourth-order valence-electron chi connectivity index (χ4n) is 2.20. The number of nitrogens with one attached hydrogen (secondary N) is 3. The summed E-state index contributed by atoms with van der Waals surface area (Å²) in [7, 11) is 0. The lowest BCUT2D eigenvalue weighted by molar-refractivity contribution is 0.0902. The van der Waals surface area contributed by atoms with Crippen LogP contribution in [0, 0.1) is 9.39 Å². The average Bonchev–Trinajstić information content (AvgIpc) is 2.84. The zero-order chi connectivity index (χ0) is 14.4. The number of carbonyl (C=O) groups is 1. The zero-order valence-corrected chi connectivity index (χ0v) is 13.5. The van der Waals surface area contributed by atoms with Crippen molar-refractivity contribution in [3.05, 3.63) is 32.2 Å². The van der Waals surface area contributed by atoms with Gasteiger partial charge in [0.2, 0.25) is 0 Å². The molecule has 2 aromatic rings. The molecule has 2 atom stereocenters. The molecule has 1 fully saturated rings. The largest absolute Gasteiger partial charge is 0.348 e. The van der Waals surface area contributed by atoms with Crippen LogP contribution in [-0.4, -0.2) is 29.5 Å². The van der Waals surface area contributed by atoms with Gasteiger partial charge in [-0.15, -0.1) is 0 Å². The molecule has 4 nitrogen and oxygen atoms in total. The minimum Gasteiger partial charge on any atom is -0.348 e. The van der Waals surface area contributed by atoms with Crippen LogP contribution in [0.1, 0.15) is 17.4 Å². The van der Waals surface area contributed by atoms with E-state index < -0.39 is 5.82 Å². The number of aromatic amines is 1. The highest BCUT2D eigenvalue weighted by atomic mass is 127. The molecule has 3 rings (SSSR count). The molecule has 0 bridgehead atoms. The number of hydrogen-bond donors (Lipinski definition) is 3. The Morgan fingerprint density at radius 2 is 2.30 bits per heavy atom. The summed E-state index contributed by atoms with van der Waals surface area (Å²) in [5.41, 5.74) is 0.653. The quantitative estimate of drug-likeness (QED) is 0.530. The summed E-state index contributed by atoms with van der Waals surface area (Å²) in [5, 5.41) is 7.01. The second-order valence-corrected chi connectivity index (χ2v) is 6.40. The maximum atomic E-state index is 14.1. The van der Waals surface area contributed by atoms with E-state index in [0.717, 1.165) is 6.54 Å². The van der Waals surface area contributed by atoms with Gasteiger partial charge in [-0.05, 0) is 41.6 Å². The van der Waals surface area contributed by atoms with E-state index in [2.05, 4.69) is 15.6 Å². The summed E-state index contributed by atoms with van der Waals surface area (Å²) in [4.78, 5) is 14.9. The minimum absolute atomic E-state index is 0.113. The van der Waals surface area contributed by atoms with E-state index in [1.807, 2.05) is 29.5 Å². The molecule has 0 saturated carbocycles. The Morgan fingerprint density at radius 1 is 1.55 bits per heavy atom. The van der Waals surface area contributed by atoms with Gasteiger partial charge in [-0.2, -0.15) is 0 Å². The monoisotopic (exact) mass is 407 g/mol. The normalized spacial score (nSPS) is 21.8. The molecule has 0 aliphatic carbocycles. The molecule has 2 heterocycles. The third kappa shape index (κ3) is 2.29. The van der Waals surface area contributed by atoms with Gasteiger partial charge in [0, 0.05) is 18.0 Å². The van der Waals surface area contributed by atoms with Gasteiger partial charge < -0.3 is 15.6 Å². The number of amides is 1. The number of halogens is 3. The number of hydrogen-bond acceptors (Lipinski definition) is 2. The molecule has 3 N–H and O–H groups in total. The summed E-state index contributed by atoms with van der Waals surface area (Å²) >= 11 is 7.79. The van der Waals surface area contributed by atoms with Gasteiger partial charge >= 0.3 is 0 Å². The summed E-state index contributed by atoms with van der Waals surface area (Å²) in [5.74, 6) is -0.657. The molecule has 0 unspecified atom stereocenters. The fraction of sp³-hybridized carbons (Fsp3) is 0.308. The lowest BCUT2D eigenvalue weighted by Gasteiger charge is -2.35. The van der Waals surface area contributed by atoms with Crippen molar-refractivity contribution in [1.29, 1.82) is 0 Å². The van der Waals surface area contributed by atoms with E-state index in [9.17, 15) is 9.18 Å². The first-order valence-electron chi connectivity index (χ1n) is 6.18. The van der Waals surface area contributed by atoms with E-state index in [4.69, 9.17) is 11.6 Å². The van der Waals surface area contributed by atoms with Crippen LogP contribution < -0.4 is 10.6 Å². The second-order valence-electron chi connectivity index (χ2n) is 4.91.